The molecule has 0 aromatic carbocycles. The van der Waals surface area contributed by atoms with E-state index in [1.807, 2.05) is 41.7 Å². The zero-order chi connectivity index (χ0) is 13.1. The first-order chi connectivity index (χ1) is 8.76. The molecule has 0 fully saturated rings. The van der Waals surface area contributed by atoms with E-state index in [-0.39, 0.29) is 0 Å². The molecule has 92 valence electrons. The van der Waals surface area contributed by atoms with Gasteiger partial charge in [0.25, 0.3) is 0 Å². The van der Waals surface area contributed by atoms with Crippen molar-refractivity contribution in [2.75, 3.05) is 0 Å². The minimum Gasteiger partial charge on any atom is -0.134 e. The second-order valence-corrected chi connectivity index (χ2v) is 5.92. The van der Waals surface area contributed by atoms with Gasteiger partial charge in [-0.15, -0.1) is 22.7 Å². The number of hydrogen-bond donors (Lipinski definition) is 0. The van der Waals surface area contributed by atoms with Gasteiger partial charge < -0.3 is 0 Å². The number of fused-ring (bicyclic) bond motifs is 1. The van der Waals surface area contributed by atoms with Crippen LogP contribution in [0.4, 0.5) is 0 Å². The lowest BCUT2D eigenvalue weighted by Gasteiger charge is -1.89. The highest BCUT2D eigenvalue weighted by atomic mass is 32.1. The summed E-state index contributed by atoms with van der Waals surface area (Å²) in [7, 11) is 0. The molecule has 0 atom stereocenters. The number of allylic oxidation sites excluding steroid dienone is 2. The lowest BCUT2D eigenvalue weighted by molar-refractivity contribution is 1.76. The van der Waals surface area contributed by atoms with Gasteiger partial charge in [-0.05, 0) is 19.9 Å². The van der Waals surface area contributed by atoms with E-state index in [0.29, 0.717) is 0 Å². The summed E-state index contributed by atoms with van der Waals surface area (Å²) in [6.45, 7) is 11.9. The fourth-order valence-corrected chi connectivity index (χ4v) is 4.67. The van der Waals surface area contributed by atoms with Crippen molar-refractivity contribution in [3.8, 4) is 0 Å². The first-order valence-corrected chi connectivity index (χ1v) is 7.49. The molecule has 2 aromatic heterocycles. The van der Waals surface area contributed by atoms with E-state index in [2.05, 4.69) is 44.4 Å². The van der Waals surface area contributed by atoms with Crippen LogP contribution in [0.3, 0.4) is 0 Å². The van der Waals surface area contributed by atoms with Gasteiger partial charge in [-0.1, -0.05) is 43.5 Å². The molecule has 0 aliphatic rings. The zero-order valence-corrected chi connectivity index (χ0v) is 12.3. The van der Waals surface area contributed by atoms with Crippen LogP contribution >= 0.6 is 22.7 Å². The minimum atomic E-state index is 1.25. The van der Waals surface area contributed by atoms with Gasteiger partial charge in [-0.3, -0.25) is 0 Å². The fraction of sp³-hybridized carbons (Fsp3) is 0.125. The van der Waals surface area contributed by atoms with E-state index in [0.717, 1.165) is 0 Å². The molecule has 0 N–H and O–H groups in total. The van der Waals surface area contributed by atoms with Crippen LogP contribution < -0.4 is 9.75 Å². The standard InChI is InChI=1S/C16H16S2/c1-5-9-12-13(8-4)17-15-11(7-3)14(10-6-2)18-16(12)15/h5-10H,1,3H2,2,4H3/b10-6-,12-9+,13-8+. The normalized spacial score (nSPS) is 13.9. The van der Waals surface area contributed by atoms with Crippen molar-refractivity contribution >= 4 is 56.4 Å². The second kappa shape index (κ2) is 5.51. The Morgan fingerprint density at radius 3 is 2.39 bits per heavy atom. The summed E-state index contributed by atoms with van der Waals surface area (Å²) in [4.78, 5) is 1.29. The molecule has 0 spiro atoms. The maximum absolute atomic E-state index is 3.95. The van der Waals surface area contributed by atoms with Crippen LogP contribution in [0.15, 0.2) is 25.3 Å². The van der Waals surface area contributed by atoms with Gasteiger partial charge in [0.15, 0.2) is 0 Å². The van der Waals surface area contributed by atoms with Crippen LogP contribution in [0, 0.1) is 0 Å². The van der Waals surface area contributed by atoms with Gasteiger partial charge in [0.05, 0.1) is 9.40 Å². The first-order valence-electron chi connectivity index (χ1n) is 5.86. The minimum absolute atomic E-state index is 1.25. The molecule has 0 unspecified atom stereocenters. The van der Waals surface area contributed by atoms with Gasteiger partial charge in [-0.25, -0.2) is 0 Å². The van der Waals surface area contributed by atoms with Gasteiger partial charge in [-0.2, -0.15) is 0 Å². The lowest BCUT2D eigenvalue weighted by Crippen LogP contribution is -2.16. The van der Waals surface area contributed by atoms with Crippen LogP contribution in [0.1, 0.15) is 24.3 Å². The fourth-order valence-electron chi connectivity index (χ4n) is 1.96. The molecule has 0 aliphatic carbocycles. The van der Waals surface area contributed by atoms with Gasteiger partial charge in [0, 0.05) is 20.2 Å². The molecule has 0 aliphatic heterocycles. The molecule has 18 heavy (non-hydrogen) atoms. The Morgan fingerprint density at radius 2 is 1.83 bits per heavy atom. The molecule has 0 saturated carbocycles. The highest BCUT2D eigenvalue weighted by Gasteiger charge is 2.11. The van der Waals surface area contributed by atoms with Gasteiger partial charge in [0.1, 0.15) is 0 Å². The summed E-state index contributed by atoms with van der Waals surface area (Å²) in [5.74, 6) is 0. The first kappa shape index (κ1) is 13.1. The van der Waals surface area contributed by atoms with Crippen molar-refractivity contribution in [3.05, 3.63) is 45.5 Å². The molecule has 2 heteroatoms. The molecular formula is C16H16S2. The topological polar surface area (TPSA) is 0 Å². The Balaban J connectivity index is 2.97. The van der Waals surface area contributed by atoms with E-state index < -0.39 is 0 Å². The van der Waals surface area contributed by atoms with Gasteiger partial charge in [0.2, 0.25) is 0 Å². The van der Waals surface area contributed by atoms with E-state index >= 15 is 0 Å². The predicted molar refractivity (Wildman–Crippen MR) is 88.6 cm³/mol. The summed E-state index contributed by atoms with van der Waals surface area (Å²) < 4.78 is 3.99. The molecule has 0 saturated heterocycles. The molecule has 2 rings (SSSR count). The molecule has 2 heterocycles. The smallest absolute Gasteiger partial charge is 0.0541 e. The monoisotopic (exact) mass is 272 g/mol. The quantitative estimate of drug-likeness (QED) is 0.776. The van der Waals surface area contributed by atoms with E-state index in [4.69, 9.17) is 0 Å². The van der Waals surface area contributed by atoms with Crippen molar-refractivity contribution in [2.24, 2.45) is 0 Å². The van der Waals surface area contributed by atoms with E-state index in [1.54, 1.807) is 0 Å². The lowest BCUT2D eigenvalue weighted by atomic mass is 10.2. The predicted octanol–water partition coefficient (Wildman–Crippen LogP) is 4.41. The number of thiophene rings is 2. The van der Waals surface area contributed by atoms with Crippen molar-refractivity contribution in [3.63, 3.8) is 0 Å². The molecule has 0 bridgehead atoms. The largest absolute Gasteiger partial charge is 0.134 e. The SMILES string of the molecule is C=C/C=c1\c(=C/C)sc2c(C=C)c(/C=C\C)sc12. The maximum Gasteiger partial charge on any atom is 0.0541 e. The van der Waals surface area contributed by atoms with Crippen molar-refractivity contribution in [1.82, 2.24) is 0 Å². The van der Waals surface area contributed by atoms with Crippen molar-refractivity contribution in [1.29, 1.82) is 0 Å². The van der Waals surface area contributed by atoms with Gasteiger partial charge >= 0.3 is 0 Å². The highest BCUT2D eigenvalue weighted by molar-refractivity contribution is 7.27. The summed E-state index contributed by atoms with van der Waals surface area (Å²) >= 11 is 3.66. The summed E-state index contributed by atoms with van der Waals surface area (Å²) in [5.41, 5.74) is 1.25. The molecule has 2 aromatic rings. The zero-order valence-electron chi connectivity index (χ0n) is 10.7. The molecule has 0 amide bonds. The van der Waals surface area contributed by atoms with Crippen LogP contribution in [0.5, 0.6) is 0 Å². The van der Waals surface area contributed by atoms with Crippen LogP contribution in [-0.4, -0.2) is 0 Å². The molecule has 0 nitrogen and oxygen atoms in total. The number of hydrogen-bond acceptors (Lipinski definition) is 2. The Hall–Kier alpha value is -1.38. The summed E-state index contributed by atoms with van der Waals surface area (Å²) in [6, 6.07) is 0. The Bertz CT molecular complexity index is 736. The molecule has 0 radical (unpaired) electrons. The maximum atomic E-state index is 3.95. The Kier molecular flexibility index (Phi) is 4.00. The average molecular weight is 272 g/mol. The third kappa shape index (κ3) is 2.02. The highest BCUT2D eigenvalue weighted by Crippen LogP contribution is 2.33. The number of rotatable bonds is 3. The van der Waals surface area contributed by atoms with Crippen molar-refractivity contribution in [2.45, 2.75) is 13.8 Å². The summed E-state index contributed by atoms with van der Waals surface area (Å²) in [6.07, 6.45) is 12.3. The molecular weight excluding hydrogens is 256 g/mol. The third-order valence-corrected chi connectivity index (χ3v) is 5.36. The second-order valence-electron chi connectivity index (χ2n) is 3.81. The van der Waals surface area contributed by atoms with Crippen LogP contribution in [0.2, 0.25) is 0 Å². The Morgan fingerprint density at radius 1 is 1.06 bits per heavy atom. The van der Waals surface area contributed by atoms with Crippen molar-refractivity contribution < 1.29 is 0 Å². The Labute approximate surface area is 116 Å². The average Bonchev–Trinajstić information content (AvgIpc) is 2.86. The van der Waals surface area contributed by atoms with E-state index in [9.17, 15) is 0 Å². The van der Waals surface area contributed by atoms with Crippen LogP contribution in [-0.2, 0) is 0 Å². The third-order valence-electron chi connectivity index (χ3n) is 2.72. The summed E-state index contributed by atoms with van der Waals surface area (Å²) in [5, 5.41) is 1.29. The van der Waals surface area contributed by atoms with Crippen LogP contribution in [0.25, 0.3) is 33.7 Å². The van der Waals surface area contributed by atoms with E-state index in [1.165, 1.54) is 29.6 Å².